The van der Waals surface area contributed by atoms with Gasteiger partial charge in [0, 0.05) is 11.8 Å². The molecule has 2 N–H and O–H groups in total. The minimum atomic E-state index is -0.123. The summed E-state index contributed by atoms with van der Waals surface area (Å²) in [4.78, 5) is 5.56. The van der Waals surface area contributed by atoms with Crippen LogP contribution >= 0.6 is 0 Å². The molecule has 41 heavy (non-hydrogen) atoms. The predicted molar refractivity (Wildman–Crippen MR) is 178 cm³/mol. The topological polar surface area (TPSA) is 38.4 Å². The van der Waals surface area contributed by atoms with Crippen molar-refractivity contribution in [1.29, 1.82) is 0 Å². The predicted octanol–water partition coefficient (Wildman–Crippen LogP) is 10.1. The molecule has 0 spiro atoms. The van der Waals surface area contributed by atoms with Crippen LogP contribution in [0.1, 0.15) is 132 Å². The van der Waals surface area contributed by atoms with Crippen LogP contribution < -0.4 is 5.73 Å². The van der Waals surface area contributed by atoms with Gasteiger partial charge in [0.2, 0.25) is 0 Å². The number of rotatable bonds is 12. The highest BCUT2D eigenvalue weighted by molar-refractivity contribution is 6.02. The second kappa shape index (κ2) is 13.8. The fourth-order valence-electron chi connectivity index (χ4n) is 7.49. The molecule has 4 atom stereocenters. The van der Waals surface area contributed by atoms with Crippen LogP contribution in [0.2, 0.25) is 0 Å². The second-order valence-corrected chi connectivity index (χ2v) is 13.6. The summed E-state index contributed by atoms with van der Waals surface area (Å²) >= 11 is 0. The van der Waals surface area contributed by atoms with Crippen LogP contribution in [0.3, 0.4) is 0 Å². The van der Waals surface area contributed by atoms with E-state index in [4.69, 9.17) is 10.7 Å². The van der Waals surface area contributed by atoms with Crippen molar-refractivity contribution in [2.24, 2.45) is 28.0 Å². The number of nitrogens with zero attached hydrogens (tertiary/aromatic N) is 1. The Morgan fingerprint density at radius 1 is 1.07 bits per heavy atom. The van der Waals surface area contributed by atoms with Crippen LogP contribution in [0, 0.1) is 43.8 Å². The summed E-state index contributed by atoms with van der Waals surface area (Å²) in [5.74, 6) is 1.03. The Bertz CT molecular complexity index is 1280. The molecule has 1 aliphatic rings. The molecule has 2 aromatic rings. The fraction of sp³-hybridized carbons (Fsp3) is 0.605. The molecular weight excluding hydrogens is 503 g/mol. The van der Waals surface area contributed by atoms with E-state index >= 15 is 4.39 Å². The molecule has 2 aromatic carbocycles. The van der Waals surface area contributed by atoms with Gasteiger partial charge < -0.3 is 5.73 Å². The van der Waals surface area contributed by atoms with Gasteiger partial charge in [0.15, 0.2) is 0 Å². The summed E-state index contributed by atoms with van der Waals surface area (Å²) in [5.41, 5.74) is 18.0. The molecule has 0 heterocycles. The molecule has 1 aliphatic carbocycles. The van der Waals surface area contributed by atoms with Crippen molar-refractivity contribution in [3.8, 4) is 0 Å². The zero-order chi connectivity index (χ0) is 30.6. The lowest BCUT2D eigenvalue weighted by molar-refractivity contribution is 0.145. The molecule has 0 aliphatic heterocycles. The first-order valence-electron chi connectivity index (χ1n) is 16.2. The molecule has 0 amide bonds. The third-order valence-corrected chi connectivity index (χ3v) is 9.85. The van der Waals surface area contributed by atoms with Gasteiger partial charge in [-0.25, -0.2) is 4.39 Å². The summed E-state index contributed by atoms with van der Waals surface area (Å²) < 4.78 is 15.0. The van der Waals surface area contributed by atoms with Crippen molar-refractivity contribution in [2.45, 2.75) is 133 Å². The van der Waals surface area contributed by atoms with Crippen molar-refractivity contribution in [3.63, 3.8) is 0 Å². The number of hydrogen-bond acceptors (Lipinski definition) is 2. The van der Waals surface area contributed by atoms with Crippen LogP contribution in [0.4, 0.5) is 4.39 Å². The first-order valence-corrected chi connectivity index (χ1v) is 16.2. The van der Waals surface area contributed by atoms with Gasteiger partial charge in [-0.2, -0.15) is 0 Å². The van der Waals surface area contributed by atoms with E-state index in [2.05, 4.69) is 81.4 Å². The van der Waals surface area contributed by atoms with Crippen molar-refractivity contribution in [1.82, 2.24) is 0 Å². The second-order valence-electron chi connectivity index (χ2n) is 13.6. The van der Waals surface area contributed by atoms with Crippen LogP contribution in [-0.4, -0.2) is 17.8 Å². The fourth-order valence-corrected chi connectivity index (χ4v) is 7.49. The van der Waals surface area contributed by atoms with Crippen molar-refractivity contribution >= 4 is 11.3 Å². The van der Waals surface area contributed by atoms with Gasteiger partial charge in [-0.05, 0) is 133 Å². The van der Waals surface area contributed by atoms with E-state index < -0.39 is 0 Å². The van der Waals surface area contributed by atoms with Gasteiger partial charge in [-0.1, -0.05) is 79.9 Å². The molecule has 4 unspecified atom stereocenters. The lowest BCUT2D eigenvalue weighted by Gasteiger charge is -2.40. The van der Waals surface area contributed by atoms with Gasteiger partial charge >= 0.3 is 0 Å². The molecule has 0 radical (unpaired) electrons. The van der Waals surface area contributed by atoms with Crippen LogP contribution in [0.5, 0.6) is 0 Å². The Morgan fingerprint density at radius 2 is 1.76 bits per heavy atom. The van der Waals surface area contributed by atoms with E-state index in [0.29, 0.717) is 18.3 Å². The first kappa shape index (κ1) is 33.2. The Labute approximate surface area is 251 Å². The quantitative estimate of drug-likeness (QED) is 0.258. The minimum Gasteiger partial charge on any atom is -0.324 e. The molecule has 3 heteroatoms. The number of aryl methyl sites for hydroxylation is 1. The standard InChI is InChI=1S/C38H57FN2/c1-12-15-18-38(11,22-24(6)13-2)37(23(4)5)41-28(10)32-19-25(7)35(27(9)26(32)8)33-21-30(40)20-29-16-17-34(39)31(14-3)36(29)33/h16-17,19,21,23-24,30,37H,12-15,18,20,22,40H2,1-11H3/b41-28-. The van der Waals surface area contributed by atoms with Crippen molar-refractivity contribution < 1.29 is 4.39 Å². The van der Waals surface area contributed by atoms with Gasteiger partial charge in [0.05, 0.1) is 6.04 Å². The lowest BCUT2D eigenvalue weighted by atomic mass is 9.68. The summed E-state index contributed by atoms with van der Waals surface area (Å²) in [6, 6.07) is 6.05. The number of nitrogens with two attached hydrogens (primary N) is 1. The number of aliphatic imine (C=N–C) groups is 1. The highest BCUT2D eigenvalue weighted by Gasteiger charge is 2.37. The summed E-state index contributed by atoms with van der Waals surface area (Å²) in [6.07, 6.45) is 9.67. The zero-order valence-corrected chi connectivity index (χ0v) is 28.0. The highest BCUT2D eigenvalue weighted by Crippen LogP contribution is 2.42. The summed E-state index contributed by atoms with van der Waals surface area (Å²) in [7, 11) is 0. The molecule has 0 aromatic heterocycles. The molecule has 0 saturated heterocycles. The van der Waals surface area contributed by atoms with Crippen LogP contribution in [-0.2, 0) is 12.8 Å². The Kier molecular flexibility index (Phi) is 11.2. The van der Waals surface area contributed by atoms with Crippen molar-refractivity contribution in [2.75, 3.05) is 0 Å². The largest absolute Gasteiger partial charge is 0.324 e. The number of halogens is 1. The van der Waals surface area contributed by atoms with Gasteiger partial charge in [0.1, 0.15) is 5.82 Å². The molecule has 226 valence electrons. The number of fused-ring (bicyclic) bond motifs is 1. The molecular formula is C38H57FN2. The zero-order valence-electron chi connectivity index (χ0n) is 28.0. The summed E-state index contributed by atoms with van der Waals surface area (Å²) in [6.45, 7) is 25.1. The Balaban J connectivity index is 2.15. The van der Waals surface area contributed by atoms with E-state index in [-0.39, 0.29) is 23.3 Å². The maximum absolute atomic E-state index is 15.0. The Hall–Kier alpha value is -2.26. The monoisotopic (exact) mass is 560 g/mol. The molecule has 0 bridgehead atoms. The maximum Gasteiger partial charge on any atom is 0.127 e. The average Bonchev–Trinajstić information content (AvgIpc) is 2.92. The number of unbranched alkanes of at least 4 members (excludes halogenated alkanes) is 1. The minimum absolute atomic E-state index is 0.0761. The van der Waals surface area contributed by atoms with E-state index in [1.165, 1.54) is 59.9 Å². The van der Waals surface area contributed by atoms with E-state index in [0.717, 1.165) is 34.4 Å². The third kappa shape index (κ3) is 7.04. The van der Waals surface area contributed by atoms with E-state index in [9.17, 15) is 0 Å². The molecule has 2 nitrogen and oxygen atoms in total. The molecule has 0 saturated carbocycles. The molecule has 3 rings (SSSR count). The third-order valence-electron chi connectivity index (χ3n) is 9.85. The van der Waals surface area contributed by atoms with Gasteiger partial charge in [-0.3, -0.25) is 4.99 Å². The smallest absolute Gasteiger partial charge is 0.127 e. The highest BCUT2D eigenvalue weighted by atomic mass is 19.1. The van der Waals surface area contributed by atoms with E-state index in [1.807, 2.05) is 13.0 Å². The van der Waals surface area contributed by atoms with Crippen molar-refractivity contribution in [3.05, 3.63) is 74.6 Å². The number of hydrogen-bond donors (Lipinski definition) is 1. The van der Waals surface area contributed by atoms with Crippen LogP contribution in [0.25, 0.3) is 5.57 Å². The lowest BCUT2D eigenvalue weighted by Crippen LogP contribution is -2.37. The van der Waals surface area contributed by atoms with Gasteiger partial charge in [-0.15, -0.1) is 0 Å². The van der Waals surface area contributed by atoms with Gasteiger partial charge in [0.25, 0.3) is 0 Å². The Morgan fingerprint density at radius 3 is 2.34 bits per heavy atom. The van der Waals surface area contributed by atoms with E-state index in [1.54, 1.807) is 6.07 Å². The summed E-state index contributed by atoms with van der Waals surface area (Å²) in [5, 5.41) is 0. The first-order chi connectivity index (χ1) is 19.3. The normalized spacial score (nSPS) is 18.6. The average molecular weight is 561 g/mol. The number of benzene rings is 2. The van der Waals surface area contributed by atoms with Crippen LogP contribution in [0.15, 0.2) is 29.3 Å². The molecule has 0 fully saturated rings. The maximum atomic E-state index is 15.0. The SMILES string of the molecule is CCCCC(C)(CC(C)CC)C(/N=C(/C)c1cc(C)c(C2=CC(N)Cc3ccc(F)c(CC)c32)c(C)c1C)C(C)C.